The summed E-state index contributed by atoms with van der Waals surface area (Å²) in [6, 6.07) is 7.22. The number of hydrogen-bond acceptors (Lipinski definition) is 3. The number of nitrogens with one attached hydrogen (secondary N) is 1. The van der Waals surface area contributed by atoms with Gasteiger partial charge in [-0.05, 0) is 25.5 Å². The van der Waals surface area contributed by atoms with Crippen LogP contribution in [0.4, 0.5) is 5.69 Å². The molecule has 2 amide bonds. The molecule has 1 aromatic rings. The molecule has 5 heteroatoms. The largest absolute Gasteiger partial charge is 0.492 e. The van der Waals surface area contributed by atoms with Crippen LogP contribution < -0.4 is 15.0 Å². The average molecular weight is 278 g/mol. The topological polar surface area (TPSA) is 58.6 Å². The van der Waals surface area contributed by atoms with Crippen LogP contribution >= 0.6 is 0 Å². The Morgan fingerprint density at radius 3 is 2.55 bits per heavy atom. The molecule has 0 aliphatic carbocycles. The van der Waals surface area contributed by atoms with Gasteiger partial charge in [-0.3, -0.25) is 14.5 Å². The summed E-state index contributed by atoms with van der Waals surface area (Å²) in [5.41, 5.74) is 0.619. The number of benzene rings is 1. The van der Waals surface area contributed by atoms with E-state index in [1.165, 1.54) is 11.8 Å². The van der Waals surface area contributed by atoms with Crippen LogP contribution in [0.25, 0.3) is 0 Å². The van der Waals surface area contributed by atoms with Gasteiger partial charge in [-0.2, -0.15) is 0 Å². The first kappa shape index (κ1) is 16.0. The van der Waals surface area contributed by atoms with E-state index in [0.29, 0.717) is 24.6 Å². The first-order valence-electron chi connectivity index (χ1n) is 6.86. The molecular weight excluding hydrogens is 256 g/mol. The van der Waals surface area contributed by atoms with Gasteiger partial charge >= 0.3 is 0 Å². The molecule has 0 atom stereocenters. The number of amides is 2. The van der Waals surface area contributed by atoms with Crippen molar-refractivity contribution >= 4 is 17.5 Å². The molecule has 0 saturated carbocycles. The van der Waals surface area contributed by atoms with Crippen molar-refractivity contribution in [2.75, 3.05) is 24.6 Å². The van der Waals surface area contributed by atoms with Gasteiger partial charge in [0.15, 0.2) is 0 Å². The Hall–Kier alpha value is -2.04. The molecule has 0 unspecified atom stereocenters. The van der Waals surface area contributed by atoms with Crippen molar-refractivity contribution < 1.29 is 14.3 Å². The summed E-state index contributed by atoms with van der Waals surface area (Å²) < 4.78 is 5.51. The Kier molecular flexibility index (Phi) is 6.56. The normalized spacial score (nSPS) is 9.95. The monoisotopic (exact) mass is 278 g/mol. The predicted octanol–water partition coefficient (Wildman–Crippen LogP) is 1.96. The van der Waals surface area contributed by atoms with E-state index in [1.54, 1.807) is 12.1 Å². The molecule has 20 heavy (non-hydrogen) atoms. The SMILES string of the molecule is CCCNC(=O)CN(C(C)=O)c1ccccc1OCC. The van der Waals surface area contributed by atoms with Crippen molar-refractivity contribution in [1.29, 1.82) is 0 Å². The third-order valence-corrected chi connectivity index (χ3v) is 2.71. The van der Waals surface area contributed by atoms with Gasteiger partial charge in [-0.25, -0.2) is 0 Å². The van der Waals surface area contributed by atoms with Crippen molar-refractivity contribution in [3.63, 3.8) is 0 Å². The lowest BCUT2D eigenvalue weighted by atomic mass is 10.2. The molecule has 0 heterocycles. The molecule has 0 spiro atoms. The first-order chi connectivity index (χ1) is 9.60. The zero-order chi connectivity index (χ0) is 15.0. The van der Waals surface area contributed by atoms with Gasteiger partial charge in [0.2, 0.25) is 11.8 Å². The molecule has 0 saturated heterocycles. The van der Waals surface area contributed by atoms with Crippen molar-refractivity contribution in [1.82, 2.24) is 5.32 Å². The number of rotatable bonds is 7. The number of ether oxygens (including phenoxy) is 1. The lowest BCUT2D eigenvalue weighted by molar-refractivity contribution is -0.123. The minimum Gasteiger partial charge on any atom is -0.492 e. The fourth-order valence-corrected chi connectivity index (χ4v) is 1.79. The Labute approximate surface area is 119 Å². The van der Waals surface area contributed by atoms with Crippen LogP contribution in [-0.2, 0) is 9.59 Å². The molecule has 1 N–H and O–H groups in total. The second-order valence-corrected chi connectivity index (χ2v) is 4.36. The van der Waals surface area contributed by atoms with Gasteiger partial charge in [0.05, 0.1) is 12.3 Å². The predicted molar refractivity (Wildman–Crippen MR) is 78.9 cm³/mol. The summed E-state index contributed by atoms with van der Waals surface area (Å²) in [6.45, 7) is 6.41. The molecule has 0 aromatic heterocycles. The van der Waals surface area contributed by atoms with Gasteiger partial charge in [-0.1, -0.05) is 19.1 Å². The second-order valence-electron chi connectivity index (χ2n) is 4.36. The summed E-state index contributed by atoms with van der Waals surface area (Å²) >= 11 is 0. The van der Waals surface area contributed by atoms with Gasteiger partial charge in [0, 0.05) is 13.5 Å². The van der Waals surface area contributed by atoms with E-state index < -0.39 is 0 Å². The third kappa shape index (κ3) is 4.57. The fraction of sp³-hybridized carbons (Fsp3) is 0.467. The Balaban J connectivity index is 2.91. The van der Waals surface area contributed by atoms with E-state index in [0.717, 1.165) is 6.42 Å². The molecule has 0 aliphatic heterocycles. The molecule has 110 valence electrons. The maximum absolute atomic E-state index is 11.8. The first-order valence-corrected chi connectivity index (χ1v) is 6.86. The summed E-state index contributed by atoms with van der Waals surface area (Å²) in [7, 11) is 0. The number of carbonyl (C=O) groups is 2. The van der Waals surface area contributed by atoms with E-state index >= 15 is 0 Å². The van der Waals surface area contributed by atoms with Gasteiger partial charge < -0.3 is 10.1 Å². The van der Waals surface area contributed by atoms with Crippen molar-refractivity contribution in [2.24, 2.45) is 0 Å². The highest BCUT2D eigenvalue weighted by Gasteiger charge is 2.18. The van der Waals surface area contributed by atoms with E-state index in [4.69, 9.17) is 4.74 Å². The minimum atomic E-state index is -0.191. The van der Waals surface area contributed by atoms with Crippen LogP contribution in [0.3, 0.4) is 0 Å². The maximum atomic E-state index is 11.8. The van der Waals surface area contributed by atoms with Gasteiger partial charge in [0.1, 0.15) is 12.3 Å². The second kappa shape index (κ2) is 8.19. The average Bonchev–Trinajstić information content (AvgIpc) is 2.43. The fourth-order valence-electron chi connectivity index (χ4n) is 1.79. The highest BCUT2D eigenvalue weighted by atomic mass is 16.5. The quantitative estimate of drug-likeness (QED) is 0.829. The number of anilines is 1. The summed E-state index contributed by atoms with van der Waals surface area (Å²) in [5, 5.41) is 2.77. The maximum Gasteiger partial charge on any atom is 0.240 e. The Bertz CT molecular complexity index is 460. The summed E-state index contributed by atoms with van der Waals surface area (Å²) in [5.74, 6) is 0.241. The van der Waals surface area contributed by atoms with Gasteiger partial charge in [0.25, 0.3) is 0 Å². The molecule has 1 rings (SSSR count). The van der Waals surface area contributed by atoms with Crippen LogP contribution in [0.15, 0.2) is 24.3 Å². The van der Waals surface area contributed by atoms with Crippen LogP contribution in [0.1, 0.15) is 27.2 Å². The lowest BCUT2D eigenvalue weighted by Crippen LogP contribution is -2.40. The highest BCUT2D eigenvalue weighted by molar-refractivity contribution is 5.98. The number of carbonyl (C=O) groups excluding carboxylic acids is 2. The van der Waals surface area contributed by atoms with Crippen LogP contribution in [0.2, 0.25) is 0 Å². The standard InChI is InChI=1S/C15H22N2O3/c1-4-10-16-15(19)11-17(12(3)18)13-8-6-7-9-14(13)20-5-2/h6-9H,4-5,10-11H2,1-3H3,(H,16,19). The number of para-hydroxylation sites is 2. The molecule has 5 nitrogen and oxygen atoms in total. The van der Waals surface area contributed by atoms with E-state index in [-0.39, 0.29) is 18.4 Å². The number of nitrogens with zero attached hydrogens (tertiary/aromatic N) is 1. The molecule has 0 aliphatic rings. The van der Waals surface area contributed by atoms with Crippen molar-refractivity contribution in [3.8, 4) is 5.75 Å². The Morgan fingerprint density at radius 2 is 1.95 bits per heavy atom. The zero-order valence-corrected chi connectivity index (χ0v) is 12.3. The number of hydrogen-bond donors (Lipinski definition) is 1. The Morgan fingerprint density at radius 1 is 1.25 bits per heavy atom. The minimum absolute atomic E-state index is 0.000574. The zero-order valence-electron chi connectivity index (χ0n) is 12.3. The molecular formula is C15H22N2O3. The van der Waals surface area contributed by atoms with Crippen molar-refractivity contribution in [2.45, 2.75) is 27.2 Å². The summed E-state index contributed by atoms with van der Waals surface area (Å²) in [4.78, 5) is 25.0. The molecule has 0 radical (unpaired) electrons. The smallest absolute Gasteiger partial charge is 0.240 e. The molecule has 1 aromatic carbocycles. The highest BCUT2D eigenvalue weighted by Crippen LogP contribution is 2.27. The van der Waals surface area contributed by atoms with Crippen LogP contribution in [0, 0.1) is 0 Å². The van der Waals surface area contributed by atoms with Crippen LogP contribution in [-0.4, -0.2) is 31.5 Å². The van der Waals surface area contributed by atoms with Gasteiger partial charge in [-0.15, -0.1) is 0 Å². The van der Waals surface area contributed by atoms with E-state index in [2.05, 4.69) is 5.32 Å². The lowest BCUT2D eigenvalue weighted by Gasteiger charge is -2.23. The summed E-state index contributed by atoms with van der Waals surface area (Å²) in [6.07, 6.45) is 0.862. The van der Waals surface area contributed by atoms with E-state index in [1.807, 2.05) is 26.0 Å². The van der Waals surface area contributed by atoms with Crippen LogP contribution in [0.5, 0.6) is 5.75 Å². The molecule has 0 bridgehead atoms. The van der Waals surface area contributed by atoms with Crippen molar-refractivity contribution in [3.05, 3.63) is 24.3 Å². The third-order valence-electron chi connectivity index (χ3n) is 2.71. The van der Waals surface area contributed by atoms with E-state index in [9.17, 15) is 9.59 Å². The molecule has 0 fully saturated rings.